The molecule has 1 aromatic heterocycles. The monoisotopic (exact) mass is 232 g/mol. The lowest BCUT2D eigenvalue weighted by atomic mass is 10.1. The van der Waals surface area contributed by atoms with Gasteiger partial charge < -0.3 is 5.11 Å². The van der Waals surface area contributed by atoms with Gasteiger partial charge in [0.1, 0.15) is 6.54 Å². The molecule has 0 aliphatic carbocycles. The number of carboxylic acids is 1. The molecule has 2 rings (SSSR count). The summed E-state index contributed by atoms with van der Waals surface area (Å²) >= 11 is 0. The van der Waals surface area contributed by atoms with E-state index < -0.39 is 5.97 Å². The van der Waals surface area contributed by atoms with Crippen LogP contribution in [0.5, 0.6) is 0 Å². The number of hydrogen-bond donors (Lipinski definition) is 1. The highest BCUT2D eigenvalue weighted by Crippen LogP contribution is 2.16. The third-order valence-electron chi connectivity index (χ3n) is 2.44. The van der Waals surface area contributed by atoms with Crippen LogP contribution in [0, 0.1) is 0 Å². The molecule has 0 fully saturated rings. The third-order valence-corrected chi connectivity index (χ3v) is 2.44. The Labute approximate surface area is 97.9 Å². The molecule has 0 saturated carbocycles. The Morgan fingerprint density at radius 3 is 2.65 bits per heavy atom. The van der Waals surface area contributed by atoms with Gasteiger partial charge in [0.25, 0.3) is 0 Å². The van der Waals surface area contributed by atoms with E-state index in [2.05, 4.69) is 22.4 Å². The molecule has 1 N–H and O–H groups in total. The summed E-state index contributed by atoms with van der Waals surface area (Å²) in [6.45, 7) is 1.83. The zero-order chi connectivity index (χ0) is 12.3. The van der Waals surface area contributed by atoms with Crippen molar-refractivity contribution in [1.29, 1.82) is 0 Å². The SMILES string of the molecule is CCc1ccc(-c2nnnn2CC(=O)O)cc1. The fourth-order valence-corrected chi connectivity index (χ4v) is 1.54. The van der Waals surface area contributed by atoms with Crippen molar-refractivity contribution in [1.82, 2.24) is 20.2 Å². The quantitative estimate of drug-likeness (QED) is 0.850. The number of aryl methyl sites for hydroxylation is 1. The van der Waals surface area contributed by atoms with Crippen molar-refractivity contribution in [2.45, 2.75) is 19.9 Å². The molecule has 0 aliphatic heterocycles. The molecular formula is C11H12N4O2. The molecule has 0 bridgehead atoms. The van der Waals surface area contributed by atoms with Crippen molar-refractivity contribution in [3.63, 3.8) is 0 Å². The number of benzene rings is 1. The Balaban J connectivity index is 2.32. The highest BCUT2D eigenvalue weighted by atomic mass is 16.4. The molecular weight excluding hydrogens is 220 g/mol. The normalized spacial score (nSPS) is 10.4. The zero-order valence-corrected chi connectivity index (χ0v) is 9.37. The largest absolute Gasteiger partial charge is 0.480 e. The summed E-state index contributed by atoms with van der Waals surface area (Å²) in [6.07, 6.45) is 0.959. The molecule has 0 amide bonds. The first-order chi connectivity index (χ1) is 8.20. The molecule has 1 aromatic carbocycles. The van der Waals surface area contributed by atoms with Crippen molar-refractivity contribution < 1.29 is 9.90 Å². The molecule has 0 atom stereocenters. The fraction of sp³-hybridized carbons (Fsp3) is 0.273. The van der Waals surface area contributed by atoms with Gasteiger partial charge in [-0.2, -0.15) is 0 Å². The van der Waals surface area contributed by atoms with Crippen LogP contribution in [0.3, 0.4) is 0 Å². The van der Waals surface area contributed by atoms with E-state index in [1.807, 2.05) is 24.3 Å². The van der Waals surface area contributed by atoms with Gasteiger partial charge in [0.2, 0.25) is 0 Å². The zero-order valence-electron chi connectivity index (χ0n) is 9.37. The van der Waals surface area contributed by atoms with Crippen LogP contribution >= 0.6 is 0 Å². The first-order valence-electron chi connectivity index (χ1n) is 5.28. The van der Waals surface area contributed by atoms with E-state index in [9.17, 15) is 4.79 Å². The lowest BCUT2D eigenvalue weighted by Gasteiger charge is -2.02. The minimum Gasteiger partial charge on any atom is -0.480 e. The van der Waals surface area contributed by atoms with Gasteiger partial charge in [0.15, 0.2) is 5.82 Å². The molecule has 0 saturated heterocycles. The number of aliphatic carboxylic acids is 1. The van der Waals surface area contributed by atoms with Crippen LogP contribution < -0.4 is 0 Å². The van der Waals surface area contributed by atoms with Crippen LogP contribution in [0.25, 0.3) is 11.4 Å². The lowest BCUT2D eigenvalue weighted by Crippen LogP contribution is -2.11. The lowest BCUT2D eigenvalue weighted by molar-refractivity contribution is -0.137. The molecule has 6 heteroatoms. The Morgan fingerprint density at radius 1 is 1.35 bits per heavy atom. The van der Waals surface area contributed by atoms with E-state index >= 15 is 0 Å². The summed E-state index contributed by atoms with van der Waals surface area (Å²) in [5, 5.41) is 19.7. The van der Waals surface area contributed by atoms with Gasteiger partial charge in [-0.25, -0.2) is 4.68 Å². The van der Waals surface area contributed by atoms with Crippen molar-refractivity contribution in [3.8, 4) is 11.4 Å². The maximum Gasteiger partial charge on any atom is 0.325 e. The maximum absolute atomic E-state index is 10.6. The summed E-state index contributed by atoms with van der Waals surface area (Å²) in [6, 6.07) is 7.75. The van der Waals surface area contributed by atoms with Crippen molar-refractivity contribution >= 4 is 5.97 Å². The second kappa shape index (κ2) is 4.73. The van der Waals surface area contributed by atoms with E-state index in [1.54, 1.807) is 0 Å². The maximum atomic E-state index is 10.6. The van der Waals surface area contributed by atoms with E-state index in [0.717, 1.165) is 12.0 Å². The van der Waals surface area contributed by atoms with Gasteiger partial charge in [0.05, 0.1) is 0 Å². The first kappa shape index (κ1) is 11.3. The van der Waals surface area contributed by atoms with E-state index in [-0.39, 0.29) is 6.54 Å². The number of carbonyl (C=O) groups is 1. The van der Waals surface area contributed by atoms with Gasteiger partial charge in [0, 0.05) is 5.56 Å². The third kappa shape index (κ3) is 2.47. The first-order valence-corrected chi connectivity index (χ1v) is 5.28. The average Bonchev–Trinajstić information content (AvgIpc) is 2.76. The minimum absolute atomic E-state index is 0.238. The van der Waals surface area contributed by atoms with Gasteiger partial charge in [-0.1, -0.05) is 31.2 Å². The molecule has 1 heterocycles. The molecule has 0 spiro atoms. The van der Waals surface area contributed by atoms with Crippen molar-refractivity contribution in [3.05, 3.63) is 29.8 Å². The smallest absolute Gasteiger partial charge is 0.325 e. The molecule has 2 aromatic rings. The molecule has 6 nitrogen and oxygen atoms in total. The Kier molecular flexibility index (Phi) is 3.13. The molecule has 0 aliphatic rings. The van der Waals surface area contributed by atoms with E-state index in [1.165, 1.54) is 10.2 Å². The predicted octanol–water partition coefficient (Wildman–Crippen LogP) is 0.987. The standard InChI is InChI=1S/C11H12N4O2/c1-2-8-3-5-9(6-4-8)11-12-13-14-15(11)7-10(16)17/h3-6H,2,7H2,1H3,(H,16,17). The van der Waals surface area contributed by atoms with Gasteiger partial charge in [-0.15, -0.1) is 5.10 Å². The summed E-state index contributed by atoms with van der Waals surface area (Å²) < 4.78 is 1.27. The summed E-state index contributed by atoms with van der Waals surface area (Å²) in [5.41, 5.74) is 2.03. The second-order valence-corrected chi connectivity index (χ2v) is 3.60. The number of aromatic nitrogens is 4. The molecule has 17 heavy (non-hydrogen) atoms. The van der Waals surface area contributed by atoms with Gasteiger partial charge in [-0.05, 0) is 22.4 Å². The topological polar surface area (TPSA) is 80.9 Å². The van der Waals surface area contributed by atoms with Crippen LogP contribution in [-0.2, 0) is 17.8 Å². The Hall–Kier alpha value is -2.24. The molecule has 0 radical (unpaired) electrons. The fourth-order valence-electron chi connectivity index (χ4n) is 1.54. The molecule has 0 unspecified atom stereocenters. The highest BCUT2D eigenvalue weighted by molar-refractivity contribution is 5.67. The van der Waals surface area contributed by atoms with Crippen LogP contribution in [0.15, 0.2) is 24.3 Å². The van der Waals surface area contributed by atoms with Crippen LogP contribution in [0.4, 0.5) is 0 Å². The predicted molar refractivity (Wildman–Crippen MR) is 60.3 cm³/mol. The number of hydrogen-bond acceptors (Lipinski definition) is 4. The van der Waals surface area contributed by atoms with Crippen molar-refractivity contribution in [2.24, 2.45) is 0 Å². The Morgan fingerprint density at radius 2 is 2.06 bits per heavy atom. The second-order valence-electron chi connectivity index (χ2n) is 3.60. The van der Waals surface area contributed by atoms with E-state index in [0.29, 0.717) is 5.82 Å². The number of rotatable bonds is 4. The van der Waals surface area contributed by atoms with Crippen LogP contribution in [-0.4, -0.2) is 31.3 Å². The van der Waals surface area contributed by atoms with Crippen LogP contribution in [0.1, 0.15) is 12.5 Å². The Bertz CT molecular complexity index is 519. The van der Waals surface area contributed by atoms with Crippen LogP contribution in [0.2, 0.25) is 0 Å². The average molecular weight is 232 g/mol. The summed E-state index contributed by atoms with van der Waals surface area (Å²) in [4.78, 5) is 10.6. The van der Waals surface area contributed by atoms with Crippen molar-refractivity contribution in [2.75, 3.05) is 0 Å². The number of nitrogens with zero attached hydrogens (tertiary/aromatic N) is 4. The number of tetrazole rings is 1. The molecule has 88 valence electrons. The van der Waals surface area contributed by atoms with Gasteiger partial charge in [-0.3, -0.25) is 4.79 Å². The highest BCUT2D eigenvalue weighted by Gasteiger charge is 2.11. The summed E-state index contributed by atoms with van der Waals surface area (Å²) in [7, 11) is 0. The van der Waals surface area contributed by atoms with Gasteiger partial charge >= 0.3 is 5.97 Å². The summed E-state index contributed by atoms with van der Waals surface area (Å²) in [5.74, 6) is -0.501. The van der Waals surface area contributed by atoms with E-state index in [4.69, 9.17) is 5.11 Å². The minimum atomic E-state index is -0.969. The number of carboxylic acid groups (broad SMARTS) is 1.